The van der Waals surface area contributed by atoms with Crippen molar-refractivity contribution in [1.82, 2.24) is 0 Å². The van der Waals surface area contributed by atoms with Crippen molar-refractivity contribution < 1.29 is 29.7 Å². The van der Waals surface area contributed by atoms with Crippen LogP contribution in [0.5, 0.6) is 0 Å². The predicted octanol–water partition coefficient (Wildman–Crippen LogP) is 6.65. The fourth-order valence-corrected chi connectivity index (χ4v) is 5.14. The van der Waals surface area contributed by atoms with E-state index in [2.05, 4.69) is 13.8 Å². The number of aliphatic hydroxyl groups is 3. The third-order valence-electron chi connectivity index (χ3n) is 7.83. The summed E-state index contributed by atoms with van der Waals surface area (Å²) >= 11 is 0. The van der Waals surface area contributed by atoms with Crippen LogP contribution in [-0.2, 0) is 14.4 Å². The lowest BCUT2D eigenvalue weighted by molar-refractivity contribution is -0.196. The minimum Gasteiger partial charge on any atom is -0.393 e. The first kappa shape index (κ1) is 35.9. The topological polar surface area (TPSA) is 112 Å². The average molecular weight is 527 g/mol. The lowest BCUT2D eigenvalue weighted by atomic mass is 9.68. The van der Waals surface area contributed by atoms with Crippen molar-refractivity contribution in [2.24, 2.45) is 5.92 Å². The molecule has 0 rings (SSSR count). The summed E-state index contributed by atoms with van der Waals surface area (Å²) in [5.41, 5.74) is -5.74. The second kappa shape index (κ2) is 20.8. The second-order valence-electron chi connectivity index (χ2n) is 10.9. The number of carbonyl (C=O) groups excluding carboxylic acids is 3. The van der Waals surface area contributed by atoms with Crippen molar-refractivity contribution >= 4 is 17.3 Å². The summed E-state index contributed by atoms with van der Waals surface area (Å²) < 4.78 is 0. The van der Waals surface area contributed by atoms with Crippen LogP contribution in [0.25, 0.3) is 0 Å². The van der Waals surface area contributed by atoms with Gasteiger partial charge in [0.25, 0.3) is 0 Å². The highest BCUT2D eigenvalue weighted by atomic mass is 16.4. The van der Waals surface area contributed by atoms with Crippen LogP contribution in [0.15, 0.2) is 0 Å². The Hall–Kier alpha value is -1.11. The average Bonchev–Trinajstić information content (AvgIpc) is 2.90. The van der Waals surface area contributed by atoms with Gasteiger partial charge in [-0.25, -0.2) is 0 Å². The van der Waals surface area contributed by atoms with Crippen LogP contribution in [0.1, 0.15) is 156 Å². The molecule has 0 radical (unpaired) electrons. The molecular formula is C31H58O6. The molecule has 0 bridgehead atoms. The maximum atomic E-state index is 13.5. The number of ketones is 3. The number of hydrogen-bond acceptors (Lipinski definition) is 6. The minimum absolute atomic E-state index is 0.103. The van der Waals surface area contributed by atoms with Gasteiger partial charge in [0.05, 0.1) is 6.61 Å². The van der Waals surface area contributed by atoms with Gasteiger partial charge in [-0.15, -0.1) is 0 Å². The smallest absolute Gasteiger partial charge is 0.219 e. The molecule has 0 aliphatic rings. The lowest BCUT2D eigenvalue weighted by Gasteiger charge is -2.40. The Bertz CT molecular complexity index is 601. The van der Waals surface area contributed by atoms with Crippen LogP contribution in [0.3, 0.4) is 0 Å². The SMILES string of the molecule is CCCCCCCCCC(=O)C(O)(C(=O)CCCCCCCCC)C(O)(CO)C(=O)C(CC)CCCC. The van der Waals surface area contributed by atoms with E-state index in [1.807, 2.05) is 6.92 Å². The Labute approximate surface area is 227 Å². The van der Waals surface area contributed by atoms with Crippen LogP contribution >= 0.6 is 0 Å². The first-order valence-corrected chi connectivity index (χ1v) is 15.4. The lowest BCUT2D eigenvalue weighted by Crippen LogP contribution is -2.70. The van der Waals surface area contributed by atoms with Gasteiger partial charge in [-0.3, -0.25) is 14.4 Å². The minimum atomic E-state index is -2.91. The summed E-state index contributed by atoms with van der Waals surface area (Å²) in [7, 11) is 0. The van der Waals surface area contributed by atoms with Gasteiger partial charge in [-0.05, 0) is 25.7 Å². The molecule has 37 heavy (non-hydrogen) atoms. The van der Waals surface area contributed by atoms with Crippen molar-refractivity contribution in [2.75, 3.05) is 6.61 Å². The zero-order chi connectivity index (χ0) is 28.2. The van der Waals surface area contributed by atoms with Gasteiger partial charge in [0.15, 0.2) is 23.0 Å². The largest absolute Gasteiger partial charge is 0.393 e. The number of hydrogen-bond donors (Lipinski definition) is 3. The zero-order valence-electron chi connectivity index (χ0n) is 24.5. The molecule has 0 aromatic carbocycles. The quantitative estimate of drug-likeness (QED) is 0.0859. The zero-order valence-corrected chi connectivity index (χ0v) is 24.5. The molecule has 0 saturated carbocycles. The van der Waals surface area contributed by atoms with Gasteiger partial charge >= 0.3 is 0 Å². The number of rotatable bonds is 26. The van der Waals surface area contributed by atoms with Crippen LogP contribution < -0.4 is 0 Å². The molecule has 2 unspecified atom stereocenters. The molecule has 0 saturated heterocycles. The van der Waals surface area contributed by atoms with E-state index in [0.29, 0.717) is 25.7 Å². The highest BCUT2D eigenvalue weighted by Crippen LogP contribution is 2.34. The molecule has 0 aromatic rings. The molecule has 2 atom stereocenters. The van der Waals surface area contributed by atoms with Gasteiger partial charge in [0.1, 0.15) is 0 Å². The molecule has 0 aliphatic heterocycles. The summed E-state index contributed by atoms with van der Waals surface area (Å²) in [6.07, 6.45) is 15.7. The summed E-state index contributed by atoms with van der Waals surface area (Å²) in [6, 6.07) is 0. The summed E-state index contributed by atoms with van der Waals surface area (Å²) in [6.45, 7) is 6.94. The summed E-state index contributed by atoms with van der Waals surface area (Å²) in [5, 5.41) is 33.3. The van der Waals surface area contributed by atoms with E-state index in [0.717, 1.165) is 77.0 Å². The molecule has 6 nitrogen and oxygen atoms in total. The molecule has 218 valence electrons. The Morgan fingerprint density at radius 2 is 0.973 bits per heavy atom. The number of aliphatic hydroxyl groups excluding tert-OH is 1. The van der Waals surface area contributed by atoms with Gasteiger partial charge in [0, 0.05) is 18.8 Å². The highest BCUT2D eigenvalue weighted by Gasteiger charge is 2.63. The van der Waals surface area contributed by atoms with Crippen molar-refractivity contribution in [3.8, 4) is 0 Å². The third-order valence-corrected chi connectivity index (χ3v) is 7.83. The first-order chi connectivity index (χ1) is 17.7. The Kier molecular flexibility index (Phi) is 20.2. The van der Waals surface area contributed by atoms with Crippen molar-refractivity contribution in [3.63, 3.8) is 0 Å². The van der Waals surface area contributed by atoms with E-state index in [4.69, 9.17) is 0 Å². The first-order valence-electron chi connectivity index (χ1n) is 15.4. The molecule has 0 amide bonds. The van der Waals surface area contributed by atoms with Crippen molar-refractivity contribution in [2.45, 2.75) is 167 Å². The molecule has 0 aromatic heterocycles. The number of unbranched alkanes of at least 4 members (excludes halogenated alkanes) is 13. The standard InChI is InChI=1S/C31H58O6/c1-5-9-12-14-16-18-20-23-27(33)31(37,28(34)24-21-19-17-15-13-10-6-2)30(36,25-32)29(35)26(8-4)22-11-7-3/h26,32,36-37H,5-25H2,1-4H3. The van der Waals surface area contributed by atoms with Crippen LogP contribution in [0, 0.1) is 5.92 Å². The molecular weight excluding hydrogens is 468 g/mol. The monoisotopic (exact) mass is 526 g/mol. The van der Waals surface area contributed by atoms with E-state index in [1.54, 1.807) is 6.92 Å². The normalized spacial score (nSPS) is 14.4. The van der Waals surface area contributed by atoms with E-state index in [9.17, 15) is 29.7 Å². The third kappa shape index (κ3) is 11.7. The Morgan fingerprint density at radius 1 is 0.595 bits per heavy atom. The molecule has 0 spiro atoms. The van der Waals surface area contributed by atoms with Gasteiger partial charge in [0.2, 0.25) is 5.60 Å². The van der Waals surface area contributed by atoms with E-state index in [-0.39, 0.29) is 12.8 Å². The Morgan fingerprint density at radius 3 is 1.32 bits per heavy atom. The second-order valence-corrected chi connectivity index (χ2v) is 10.9. The fraction of sp³-hybridized carbons (Fsp3) is 0.903. The summed E-state index contributed by atoms with van der Waals surface area (Å²) in [4.78, 5) is 40.2. The highest BCUT2D eigenvalue weighted by molar-refractivity contribution is 6.16. The number of carbonyl (C=O) groups is 3. The van der Waals surface area contributed by atoms with Gasteiger partial charge < -0.3 is 15.3 Å². The molecule has 6 heteroatoms. The van der Waals surface area contributed by atoms with Crippen LogP contribution in [-0.4, -0.2) is 50.5 Å². The molecule has 0 aliphatic carbocycles. The fourth-order valence-electron chi connectivity index (χ4n) is 5.14. The Balaban J connectivity index is 5.61. The predicted molar refractivity (Wildman–Crippen MR) is 151 cm³/mol. The van der Waals surface area contributed by atoms with Gasteiger partial charge in [-0.1, -0.05) is 118 Å². The summed E-state index contributed by atoms with van der Waals surface area (Å²) in [5.74, 6) is -3.12. The van der Waals surface area contributed by atoms with Crippen LogP contribution in [0.4, 0.5) is 0 Å². The van der Waals surface area contributed by atoms with Crippen LogP contribution in [0.2, 0.25) is 0 Å². The molecule has 0 heterocycles. The van der Waals surface area contributed by atoms with E-state index >= 15 is 0 Å². The van der Waals surface area contributed by atoms with E-state index in [1.165, 1.54) is 12.8 Å². The van der Waals surface area contributed by atoms with Gasteiger partial charge in [-0.2, -0.15) is 0 Å². The molecule has 3 N–H and O–H groups in total. The molecule has 0 fully saturated rings. The number of Topliss-reactive ketones (excluding diaryl/α,β-unsaturated/α-hetero) is 3. The van der Waals surface area contributed by atoms with E-state index < -0.39 is 41.1 Å². The maximum Gasteiger partial charge on any atom is 0.219 e. The van der Waals surface area contributed by atoms with Crippen molar-refractivity contribution in [1.29, 1.82) is 0 Å². The van der Waals surface area contributed by atoms with Crippen molar-refractivity contribution in [3.05, 3.63) is 0 Å². The maximum absolute atomic E-state index is 13.5.